The van der Waals surface area contributed by atoms with Crippen LogP contribution in [-0.4, -0.2) is 14.6 Å². The highest BCUT2D eigenvalue weighted by molar-refractivity contribution is 5.42. The zero-order valence-electron chi connectivity index (χ0n) is 4.73. The van der Waals surface area contributed by atoms with Crippen molar-refractivity contribution < 1.29 is 0 Å². The van der Waals surface area contributed by atoms with Gasteiger partial charge in [-0.15, -0.1) is 0 Å². The molecule has 2 aromatic heterocycles. The molecule has 0 aromatic carbocycles. The third-order valence-electron chi connectivity index (χ3n) is 1.21. The monoisotopic (exact) mass is 119 g/mol. The fraction of sp³-hybridized carbons (Fsp3) is 0. The van der Waals surface area contributed by atoms with Crippen molar-refractivity contribution in [3.05, 3.63) is 30.9 Å². The highest BCUT2D eigenvalue weighted by Crippen LogP contribution is 1.96. The molecule has 2 heterocycles. The van der Waals surface area contributed by atoms with Crippen LogP contribution in [0.3, 0.4) is 0 Å². The fourth-order valence-corrected chi connectivity index (χ4v) is 0.788. The third kappa shape index (κ3) is 0.579. The van der Waals surface area contributed by atoms with Crippen LogP contribution in [0, 0.1) is 0 Å². The molecule has 2 rings (SSSR count). The van der Waals surface area contributed by atoms with Crippen LogP contribution in [0.5, 0.6) is 0 Å². The van der Waals surface area contributed by atoms with E-state index in [2.05, 4.69) is 10.1 Å². The standard InChI is InChI=1S/C6H5N3/c1-2-6-4-7-5-8-9(6)3-1/h1-5H. The van der Waals surface area contributed by atoms with E-state index >= 15 is 0 Å². The van der Waals surface area contributed by atoms with E-state index in [1.165, 1.54) is 6.33 Å². The Bertz CT molecular complexity index is 282. The number of fused-ring (bicyclic) bond motifs is 1. The van der Waals surface area contributed by atoms with Gasteiger partial charge in [-0.05, 0) is 12.1 Å². The zero-order chi connectivity index (χ0) is 6.10. The van der Waals surface area contributed by atoms with Gasteiger partial charge in [0.1, 0.15) is 6.33 Å². The van der Waals surface area contributed by atoms with E-state index in [-0.39, 0.29) is 0 Å². The fourth-order valence-electron chi connectivity index (χ4n) is 0.788. The first kappa shape index (κ1) is 4.49. The molecule has 0 saturated heterocycles. The topological polar surface area (TPSA) is 30.2 Å². The van der Waals surface area contributed by atoms with Gasteiger partial charge in [-0.1, -0.05) is 0 Å². The summed E-state index contributed by atoms with van der Waals surface area (Å²) in [5, 5.41) is 3.95. The van der Waals surface area contributed by atoms with Gasteiger partial charge >= 0.3 is 0 Å². The van der Waals surface area contributed by atoms with E-state index < -0.39 is 0 Å². The molecule has 0 amide bonds. The highest BCUT2D eigenvalue weighted by atomic mass is 15.2. The Morgan fingerprint density at radius 3 is 3.33 bits per heavy atom. The highest BCUT2D eigenvalue weighted by Gasteiger charge is 1.86. The molecule has 0 saturated carbocycles. The zero-order valence-corrected chi connectivity index (χ0v) is 4.73. The molecule has 44 valence electrons. The third-order valence-corrected chi connectivity index (χ3v) is 1.21. The Kier molecular flexibility index (Phi) is 0.773. The summed E-state index contributed by atoms with van der Waals surface area (Å²) in [6.45, 7) is 0. The van der Waals surface area contributed by atoms with E-state index in [4.69, 9.17) is 0 Å². The number of hydrogen-bond donors (Lipinski definition) is 0. The number of nitrogens with zero attached hydrogens (tertiary/aromatic N) is 3. The first-order valence-corrected chi connectivity index (χ1v) is 2.70. The molecule has 0 fully saturated rings. The Morgan fingerprint density at radius 2 is 2.44 bits per heavy atom. The average molecular weight is 119 g/mol. The van der Waals surface area contributed by atoms with Crippen molar-refractivity contribution in [1.82, 2.24) is 14.6 Å². The molecule has 9 heavy (non-hydrogen) atoms. The van der Waals surface area contributed by atoms with Gasteiger partial charge < -0.3 is 0 Å². The van der Waals surface area contributed by atoms with Gasteiger partial charge in [0.2, 0.25) is 0 Å². The lowest BCUT2D eigenvalue weighted by molar-refractivity contribution is 0.903. The molecule has 0 unspecified atom stereocenters. The Hall–Kier alpha value is -1.38. The van der Waals surface area contributed by atoms with Gasteiger partial charge in [-0.3, -0.25) is 0 Å². The maximum Gasteiger partial charge on any atom is 0.136 e. The molecule has 0 aliphatic heterocycles. The van der Waals surface area contributed by atoms with Gasteiger partial charge in [0.05, 0.1) is 11.7 Å². The SMILES string of the molecule is c1cc2cncnn2c1. The molecule has 2 aromatic rings. The van der Waals surface area contributed by atoms with Crippen LogP contribution in [-0.2, 0) is 0 Å². The lowest BCUT2D eigenvalue weighted by atomic mass is 10.5. The number of aromatic nitrogens is 3. The van der Waals surface area contributed by atoms with Crippen LogP contribution in [0.15, 0.2) is 30.9 Å². The minimum Gasteiger partial charge on any atom is -0.241 e. The molecule has 3 nitrogen and oxygen atoms in total. The first-order valence-electron chi connectivity index (χ1n) is 2.70. The average Bonchev–Trinajstić information content (AvgIpc) is 2.33. The number of rotatable bonds is 0. The van der Waals surface area contributed by atoms with Crippen LogP contribution in [0.1, 0.15) is 0 Å². The van der Waals surface area contributed by atoms with Crippen molar-refractivity contribution in [3.63, 3.8) is 0 Å². The number of hydrogen-bond acceptors (Lipinski definition) is 2. The summed E-state index contributed by atoms with van der Waals surface area (Å²) < 4.78 is 1.77. The summed E-state index contributed by atoms with van der Waals surface area (Å²) in [6.07, 6.45) is 5.18. The van der Waals surface area contributed by atoms with E-state index in [1.807, 2.05) is 18.3 Å². The van der Waals surface area contributed by atoms with Crippen molar-refractivity contribution in [2.75, 3.05) is 0 Å². The summed E-state index contributed by atoms with van der Waals surface area (Å²) in [5.41, 5.74) is 1.03. The van der Waals surface area contributed by atoms with E-state index in [1.54, 1.807) is 10.7 Å². The van der Waals surface area contributed by atoms with E-state index in [9.17, 15) is 0 Å². The summed E-state index contributed by atoms with van der Waals surface area (Å²) in [7, 11) is 0. The Morgan fingerprint density at radius 1 is 1.44 bits per heavy atom. The molecule has 0 radical (unpaired) electrons. The minimum atomic E-state index is 1.03. The van der Waals surface area contributed by atoms with Crippen molar-refractivity contribution in [2.45, 2.75) is 0 Å². The van der Waals surface area contributed by atoms with Crippen molar-refractivity contribution >= 4 is 5.52 Å². The lowest BCUT2D eigenvalue weighted by Gasteiger charge is -1.86. The normalized spacial score (nSPS) is 10.2. The molecule has 0 aliphatic rings. The second kappa shape index (κ2) is 1.55. The van der Waals surface area contributed by atoms with Crippen molar-refractivity contribution in [1.29, 1.82) is 0 Å². The Labute approximate surface area is 52.0 Å². The molecule has 0 bridgehead atoms. The molecule has 0 N–H and O–H groups in total. The van der Waals surface area contributed by atoms with Gasteiger partial charge in [0, 0.05) is 6.20 Å². The van der Waals surface area contributed by atoms with E-state index in [0.717, 1.165) is 5.52 Å². The molecular formula is C6H5N3. The van der Waals surface area contributed by atoms with Gasteiger partial charge in [0.25, 0.3) is 0 Å². The minimum absolute atomic E-state index is 1.03. The molecule has 0 aliphatic carbocycles. The van der Waals surface area contributed by atoms with Crippen LogP contribution in [0.25, 0.3) is 5.52 Å². The first-order chi connectivity index (χ1) is 4.47. The second-order valence-electron chi connectivity index (χ2n) is 1.79. The predicted molar refractivity (Wildman–Crippen MR) is 33.0 cm³/mol. The summed E-state index contributed by atoms with van der Waals surface area (Å²) in [4.78, 5) is 3.85. The quantitative estimate of drug-likeness (QED) is 0.511. The van der Waals surface area contributed by atoms with Gasteiger partial charge in [0.15, 0.2) is 0 Å². The van der Waals surface area contributed by atoms with Crippen LogP contribution < -0.4 is 0 Å². The Balaban J connectivity index is 2.95. The summed E-state index contributed by atoms with van der Waals surface area (Å²) >= 11 is 0. The summed E-state index contributed by atoms with van der Waals surface area (Å²) in [6, 6.07) is 3.89. The van der Waals surface area contributed by atoms with Crippen LogP contribution in [0.2, 0.25) is 0 Å². The molecule has 0 spiro atoms. The lowest BCUT2D eigenvalue weighted by Crippen LogP contribution is -1.87. The maximum atomic E-state index is 3.95. The van der Waals surface area contributed by atoms with Crippen LogP contribution in [0.4, 0.5) is 0 Å². The van der Waals surface area contributed by atoms with Crippen molar-refractivity contribution in [2.24, 2.45) is 0 Å². The van der Waals surface area contributed by atoms with Crippen molar-refractivity contribution in [3.8, 4) is 0 Å². The van der Waals surface area contributed by atoms with E-state index in [0.29, 0.717) is 0 Å². The smallest absolute Gasteiger partial charge is 0.136 e. The molecule has 0 atom stereocenters. The second-order valence-corrected chi connectivity index (χ2v) is 1.79. The van der Waals surface area contributed by atoms with Gasteiger partial charge in [-0.25, -0.2) is 9.50 Å². The van der Waals surface area contributed by atoms with Crippen LogP contribution >= 0.6 is 0 Å². The summed E-state index contributed by atoms with van der Waals surface area (Å²) in [5.74, 6) is 0. The van der Waals surface area contributed by atoms with Gasteiger partial charge in [-0.2, -0.15) is 5.10 Å². The predicted octanol–water partition coefficient (Wildman–Crippen LogP) is 0.729. The molecule has 3 heteroatoms. The molecular weight excluding hydrogens is 114 g/mol. The maximum absolute atomic E-state index is 3.95. The largest absolute Gasteiger partial charge is 0.241 e.